The molecular formula is C27H27F3N8O5. The second-order valence-electron chi connectivity index (χ2n) is 8.97. The molecule has 0 radical (unpaired) electrons. The fraction of sp³-hybridized carbons (Fsp3) is 0.259. The summed E-state index contributed by atoms with van der Waals surface area (Å²) in [4.78, 5) is 35.4. The Labute approximate surface area is 242 Å². The molecule has 0 aliphatic carbocycles. The number of esters is 1. The highest BCUT2D eigenvalue weighted by atomic mass is 19.4. The summed E-state index contributed by atoms with van der Waals surface area (Å²) in [6.07, 6.45) is -1.87. The Morgan fingerprint density at radius 2 is 1.91 bits per heavy atom. The summed E-state index contributed by atoms with van der Waals surface area (Å²) in [5, 5.41) is 15.0. The van der Waals surface area contributed by atoms with Gasteiger partial charge in [-0.3, -0.25) is 10.4 Å². The molecule has 2 heterocycles. The van der Waals surface area contributed by atoms with Gasteiger partial charge in [-0.05, 0) is 53.9 Å². The van der Waals surface area contributed by atoms with Gasteiger partial charge in [0.2, 0.25) is 0 Å². The summed E-state index contributed by atoms with van der Waals surface area (Å²) in [5.41, 5.74) is 6.07. The van der Waals surface area contributed by atoms with Crippen molar-refractivity contribution in [2.24, 2.45) is 5.73 Å². The molecule has 0 bridgehead atoms. The molecule has 5 N–H and O–H groups in total. The quantitative estimate of drug-likeness (QED) is 0.0620. The van der Waals surface area contributed by atoms with Crippen LogP contribution in [0.3, 0.4) is 0 Å². The van der Waals surface area contributed by atoms with E-state index < -0.39 is 35.5 Å². The normalized spacial score (nSPS) is 12.0. The number of hydrogen-bond donors (Lipinski definition) is 4. The van der Waals surface area contributed by atoms with Crippen molar-refractivity contribution in [3.05, 3.63) is 87.9 Å². The number of nitrogen functional groups attached to an aromatic ring is 1. The summed E-state index contributed by atoms with van der Waals surface area (Å²) in [7, 11) is 1.53. The van der Waals surface area contributed by atoms with Crippen LogP contribution in [0.2, 0.25) is 0 Å². The third-order valence-corrected chi connectivity index (χ3v) is 5.96. The Morgan fingerprint density at radius 1 is 1.16 bits per heavy atom. The second-order valence-corrected chi connectivity index (χ2v) is 8.97. The molecule has 1 atom stereocenters. The second kappa shape index (κ2) is 13.2. The molecule has 13 nitrogen and oxygen atoms in total. The molecule has 0 aliphatic heterocycles. The highest BCUT2D eigenvalue weighted by Gasteiger charge is 2.42. The van der Waals surface area contributed by atoms with Gasteiger partial charge < -0.3 is 25.3 Å². The van der Waals surface area contributed by atoms with Gasteiger partial charge in [0.1, 0.15) is 24.2 Å². The number of hydrogen-bond acceptors (Lipinski definition) is 10. The van der Waals surface area contributed by atoms with Gasteiger partial charge in [-0.25, -0.2) is 19.6 Å². The number of rotatable bonds is 12. The van der Waals surface area contributed by atoms with E-state index in [-0.39, 0.29) is 29.6 Å². The van der Waals surface area contributed by atoms with E-state index >= 15 is 0 Å². The number of nitrogens with zero attached hydrogens (tertiary/aromatic N) is 4. The molecule has 4 rings (SSSR count). The number of alkyl halides is 3. The number of anilines is 1. The number of amidine groups is 1. The molecule has 0 saturated heterocycles. The molecule has 4 aromatic rings. The van der Waals surface area contributed by atoms with Gasteiger partial charge in [-0.15, -0.1) is 9.78 Å². The third kappa shape index (κ3) is 7.53. The van der Waals surface area contributed by atoms with Crippen LogP contribution in [0, 0.1) is 5.41 Å². The van der Waals surface area contributed by atoms with Crippen molar-refractivity contribution in [2.75, 3.05) is 25.6 Å². The van der Waals surface area contributed by atoms with Crippen molar-refractivity contribution in [1.29, 1.82) is 5.41 Å². The summed E-state index contributed by atoms with van der Waals surface area (Å²) in [5.74, 6) is -3.04. The zero-order valence-electron chi connectivity index (χ0n) is 22.9. The first kappa shape index (κ1) is 30.7. The molecule has 0 amide bonds. The topological polar surface area (TPSA) is 183 Å². The lowest BCUT2D eigenvalue weighted by Gasteiger charge is -2.22. The number of carbonyl (C=O) groups is 1. The van der Waals surface area contributed by atoms with E-state index in [4.69, 9.17) is 20.6 Å². The summed E-state index contributed by atoms with van der Waals surface area (Å²) < 4.78 is 55.9. The van der Waals surface area contributed by atoms with Crippen LogP contribution in [0.15, 0.2) is 59.7 Å². The molecule has 2 aromatic heterocycles. The van der Waals surface area contributed by atoms with Crippen molar-refractivity contribution in [3.63, 3.8) is 0 Å². The number of nitrogens with one attached hydrogen (secondary N) is 3. The van der Waals surface area contributed by atoms with Gasteiger partial charge in [0, 0.05) is 25.1 Å². The molecular weight excluding hydrogens is 573 g/mol. The fourth-order valence-electron chi connectivity index (χ4n) is 3.91. The number of carbonyl (C=O) groups excluding carboxylic acids is 1. The van der Waals surface area contributed by atoms with Crippen molar-refractivity contribution in [2.45, 2.75) is 25.6 Å². The van der Waals surface area contributed by atoms with Crippen LogP contribution in [0.5, 0.6) is 11.5 Å². The molecule has 16 heteroatoms. The average Bonchev–Trinajstić information content (AvgIpc) is 3.37. The summed E-state index contributed by atoms with van der Waals surface area (Å²) in [6.45, 7) is 2.47. The van der Waals surface area contributed by atoms with Gasteiger partial charge in [-0.1, -0.05) is 13.0 Å². The number of H-pyrrole nitrogens is 1. The Kier molecular flexibility index (Phi) is 9.39. The van der Waals surface area contributed by atoms with E-state index in [1.807, 2.05) is 13.0 Å². The van der Waals surface area contributed by atoms with Crippen LogP contribution in [0.1, 0.15) is 35.5 Å². The number of aromatic amines is 1. The van der Waals surface area contributed by atoms with Gasteiger partial charge >= 0.3 is 17.8 Å². The predicted molar refractivity (Wildman–Crippen MR) is 148 cm³/mol. The van der Waals surface area contributed by atoms with Crippen molar-refractivity contribution < 1.29 is 32.2 Å². The fourth-order valence-corrected chi connectivity index (χ4v) is 3.91. The van der Waals surface area contributed by atoms with Crippen molar-refractivity contribution in [3.8, 4) is 17.4 Å². The van der Waals surface area contributed by atoms with Gasteiger partial charge in [0.25, 0.3) is 5.95 Å². The van der Waals surface area contributed by atoms with Crippen LogP contribution in [-0.4, -0.2) is 63.0 Å². The number of ether oxygens (including phenoxy) is 3. The monoisotopic (exact) mass is 600 g/mol. The third-order valence-electron chi connectivity index (χ3n) is 5.96. The van der Waals surface area contributed by atoms with E-state index in [9.17, 15) is 22.8 Å². The maximum atomic E-state index is 13.1. The van der Waals surface area contributed by atoms with Gasteiger partial charge in [0.05, 0.1) is 12.3 Å². The van der Waals surface area contributed by atoms with E-state index in [1.54, 1.807) is 18.2 Å². The summed E-state index contributed by atoms with van der Waals surface area (Å²) in [6, 6.07) is 9.45. The number of benzene rings is 2. The highest BCUT2D eigenvalue weighted by Crippen LogP contribution is 2.34. The Bertz CT molecular complexity index is 1660. The molecule has 0 fully saturated rings. The lowest BCUT2D eigenvalue weighted by Crippen LogP contribution is -2.28. The first-order valence-corrected chi connectivity index (χ1v) is 12.8. The van der Waals surface area contributed by atoms with E-state index in [0.717, 1.165) is 16.3 Å². The standard InChI is InChI=1S/C27H27F3N8O5/c1-3-15-11-17(13-18(12-15)42-10-9-41-2)21(23-36-26(40)38(37-23)25-33-7-4-8-34-25)35-19-6-5-16(22(31)32)14-20(19)43-24(39)27(28,29)30/h4-8,11-14,21,35H,3,9-10H2,1-2H3,(H3,31,32)(H,36,37,40). The molecule has 43 heavy (non-hydrogen) atoms. The number of methoxy groups -OCH3 is 1. The van der Waals surface area contributed by atoms with E-state index in [1.165, 1.54) is 31.6 Å². The predicted octanol–water partition coefficient (Wildman–Crippen LogP) is 2.89. The smallest absolute Gasteiger partial charge is 0.491 e. The van der Waals surface area contributed by atoms with Crippen LogP contribution >= 0.6 is 0 Å². The molecule has 0 spiro atoms. The van der Waals surface area contributed by atoms with Crippen molar-refractivity contribution >= 4 is 17.5 Å². The number of aryl methyl sites for hydroxylation is 1. The minimum Gasteiger partial charge on any atom is -0.491 e. The lowest BCUT2D eigenvalue weighted by molar-refractivity contribution is -0.189. The Morgan fingerprint density at radius 3 is 2.56 bits per heavy atom. The molecule has 0 saturated carbocycles. The molecule has 0 aliphatic rings. The zero-order valence-corrected chi connectivity index (χ0v) is 22.9. The number of aromatic nitrogens is 5. The zero-order chi connectivity index (χ0) is 31.1. The van der Waals surface area contributed by atoms with Crippen LogP contribution < -0.4 is 26.2 Å². The van der Waals surface area contributed by atoms with E-state index in [2.05, 4.69) is 30.1 Å². The van der Waals surface area contributed by atoms with Gasteiger partial charge in [0.15, 0.2) is 11.6 Å². The maximum Gasteiger partial charge on any atom is 0.491 e. The van der Waals surface area contributed by atoms with E-state index in [0.29, 0.717) is 24.3 Å². The Balaban J connectivity index is 1.86. The average molecular weight is 601 g/mol. The van der Waals surface area contributed by atoms with Gasteiger partial charge in [-0.2, -0.15) is 13.2 Å². The highest BCUT2D eigenvalue weighted by molar-refractivity contribution is 5.96. The molecule has 226 valence electrons. The minimum atomic E-state index is -5.30. The minimum absolute atomic E-state index is 0.00722. The largest absolute Gasteiger partial charge is 0.491 e. The molecule has 2 aromatic carbocycles. The van der Waals surface area contributed by atoms with Crippen LogP contribution in [0.4, 0.5) is 18.9 Å². The summed E-state index contributed by atoms with van der Waals surface area (Å²) >= 11 is 0. The maximum absolute atomic E-state index is 13.1. The first-order chi connectivity index (χ1) is 20.5. The number of nitrogens with two attached hydrogens (primary N) is 1. The lowest BCUT2D eigenvalue weighted by atomic mass is 10.0. The Hall–Kier alpha value is -5.25. The first-order valence-electron chi connectivity index (χ1n) is 12.8. The van der Waals surface area contributed by atoms with Crippen LogP contribution in [0.25, 0.3) is 5.95 Å². The van der Waals surface area contributed by atoms with Crippen LogP contribution in [-0.2, 0) is 16.0 Å². The number of halogens is 3. The molecule has 1 unspecified atom stereocenters. The van der Waals surface area contributed by atoms with Crippen molar-refractivity contribution in [1.82, 2.24) is 24.7 Å². The SMILES string of the molecule is CCc1cc(OCCOC)cc(C(Nc2ccc(C(=N)N)cc2OC(=O)C(F)(F)F)c2nn(-c3ncccn3)c(=O)[nH]2)c1.